The predicted octanol–water partition coefficient (Wildman–Crippen LogP) is 2.19. The highest BCUT2D eigenvalue weighted by Gasteiger charge is 2.12. The number of hydrogen-bond acceptors (Lipinski definition) is 3. The van der Waals surface area contributed by atoms with E-state index in [-0.39, 0.29) is 6.03 Å². The van der Waals surface area contributed by atoms with Gasteiger partial charge in [-0.15, -0.1) is 0 Å². The number of methoxy groups -OCH3 is 2. The fourth-order valence-electron chi connectivity index (χ4n) is 1.79. The zero-order valence-corrected chi connectivity index (χ0v) is 13.4. The first-order chi connectivity index (χ1) is 10.2. The van der Waals surface area contributed by atoms with Gasteiger partial charge in [0.15, 0.2) is 0 Å². The maximum Gasteiger partial charge on any atom is 0.317 e. The van der Waals surface area contributed by atoms with Crippen LogP contribution in [0.25, 0.3) is 0 Å². The summed E-state index contributed by atoms with van der Waals surface area (Å²) in [7, 11) is 3.24. The van der Waals surface area contributed by atoms with Crippen molar-refractivity contribution >= 4 is 17.6 Å². The van der Waals surface area contributed by atoms with E-state index in [1.165, 1.54) is 0 Å². The highest BCUT2D eigenvalue weighted by molar-refractivity contribution is 6.30. The van der Waals surface area contributed by atoms with Crippen LogP contribution in [0.1, 0.15) is 5.56 Å². The Balaban J connectivity index is 2.35. The summed E-state index contributed by atoms with van der Waals surface area (Å²) in [4.78, 5) is 13.8. The van der Waals surface area contributed by atoms with Gasteiger partial charge in [0.05, 0.1) is 13.2 Å². The highest BCUT2D eigenvalue weighted by atomic mass is 35.5. The smallest absolute Gasteiger partial charge is 0.317 e. The van der Waals surface area contributed by atoms with Crippen LogP contribution in [0.2, 0.25) is 5.02 Å². The van der Waals surface area contributed by atoms with Gasteiger partial charge in [-0.1, -0.05) is 23.7 Å². The SMILES string of the molecule is COCCN(CCOC)C(=O)NCCc1ccc(Cl)cc1. The third-order valence-electron chi connectivity index (χ3n) is 3.02. The summed E-state index contributed by atoms with van der Waals surface area (Å²) in [5.41, 5.74) is 1.14. The third-order valence-corrected chi connectivity index (χ3v) is 3.27. The van der Waals surface area contributed by atoms with E-state index < -0.39 is 0 Å². The van der Waals surface area contributed by atoms with Crippen LogP contribution in [0.5, 0.6) is 0 Å². The topological polar surface area (TPSA) is 50.8 Å². The zero-order valence-electron chi connectivity index (χ0n) is 12.6. The number of carbonyl (C=O) groups is 1. The molecule has 0 bridgehead atoms. The van der Waals surface area contributed by atoms with Crippen LogP contribution < -0.4 is 5.32 Å². The molecule has 0 unspecified atom stereocenters. The molecule has 118 valence electrons. The molecule has 0 aromatic heterocycles. The second-order valence-corrected chi connectivity index (χ2v) is 5.02. The number of nitrogens with zero attached hydrogens (tertiary/aromatic N) is 1. The molecule has 2 amide bonds. The molecule has 21 heavy (non-hydrogen) atoms. The summed E-state index contributed by atoms with van der Waals surface area (Å²) in [5.74, 6) is 0. The summed E-state index contributed by atoms with van der Waals surface area (Å²) >= 11 is 5.83. The number of nitrogens with one attached hydrogen (secondary N) is 1. The van der Waals surface area contributed by atoms with Gasteiger partial charge in [-0.05, 0) is 24.1 Å². The maximum atomic E-state index is 12.1. The Bertz CT molecular complexity index is 404. The lowest BCUT2D eigenvalue weighted by Crippen LogP contribution is -2.43. The minimum Gasteiger partial charge on any atom is -0.383 e. The molecule has 0 heterocycles. The minimum atomic E-state index is -0.0990. The Morgan fingerprint density at radius 2 is 1.71 bits per heavy atom. The van der Waals surface area contributed by atoms with Crippen molar-refractivity contribution < 1.29 is 14.3 Å². The molecule has 0 saturated carbocycles. The summed E-state index contributed by atoms with van der Waals surface area (Å²) in [5, 5.41) is 3.62. The molecule has 0 spiro atoms. The Labute approximate surface area is 131 Å². The van der Waals surface area contributed by atoms with Gasteiger partial charge in [0.2, 0.25) is 0 Å². The average Bonchev–Trinajstić information content (AvgIpc) is 2.49. The zero-order chi connectivity index (χ0) is 15.5. The lowest BCUT2D eigenvalue weighted by Gasteiger charge is -2.22. The van der Waals surface area contributed by atoms with Crippen molar-refractivity contribution in [2.75, 3.05) is 47.1 Å². The number of amides is 2. The van der Waals surface area contributed by atoms with Crippen molar-refractivity contribution in [1.82, 2.24) is 10.2 Å². The molecular formula is C15H23ClN2O3. The molecule has 1 rings (SSSR count). The van der Waals surface area contributed by atoms with Crippen LogP contribution in [0.15, 0.2) is 24.3 Å². The molecule has 1 N–H and O–H groups in total. The summed E-state index contributed by atoms with van der Waals surface area (Å²) in [6.45, 7) is 2.69. The van der Waals surface area contributed by atoms with E-state index in [0.29, 0.717) is 37.9 Å². The molecule has 0 aliphatic rings. The van der Waals surface area contributed by atoms with E-state index in [1.54, 1.807) is 19.1 Å². The summed E-state index contributed by atoms with van der Waals surface area (Å²) in [6.07, 6.45) is 0.769. The van der Waals surface area contributed by atoms with E-state index in [4.69, 9.17) is 21.1 Å². The molecule has 5 nitrogen and oxygen atoms in total. The van der Waals surface area contributed by atoms with Crippen molar-refractivity contribution in [2.24, 2.45) is 0 Å². The predicted molar refractivity (Wildman–Crippen MR) is 83.9 cm³/mol. The van der Waals surface area contributed by atoms with Gasteiger partial charge >= 0.3 is 6.03 Å². The number of urea groups is 1. The molecule has 0 saturated heterocycles. The van der Waals surface area contributed by atoms with Gasteiger partial charge in [-0.25, -0.2) is 4.79 Å². The van der Waals surface area contributed by atoms with Gasteiger partial charge in [-0.2, -0.15) is 0 Å². The van der Waals surface area contributed by atoms with Crippen LogP contribution in [0.3, 0.4) is 0 Å². The Morgan fingerprint density at radius 3 is 2.24 bits per heavy atom. The lowest BCUT2D eigenvalue weighted by molar-refractivity contribution is 0.122. The van der Waals surface area contributed by atoms with Gasteiger partial charge in [0.25, 0.3) is 0 Å². The number of benzene rings is 1. The number of hydrogen-bond donors (Lipinski definition) is 1. The van der Waals surface area contributed by atoms with E-state index >= 15 is 0 Å². The monoisotopic (exact) mass is 314 g/mol. The Kier molecular flexibility index (Phi) is 8.82. The van der Waals surface area contributed by atoms with Gasteiger partial charge in [0.1, 0.15) is 0 Å². The van der Waals surface area contributed by atoms with E-state index in [0.717, 1.165) is 12.0 Å². The summed E-state index contributed by atoms with van der Waals surface area (Å²) < 4.78 is 10.0. The highest BCUT2D eigenvalue weighted by Crippen LogP contribution is 2.09. The second-order valence-electron chi connectivity index (χ2n) is 4.58. The van der Waals surface area contributed by atoms with Crippen molar-refractivity contribution in [2.45, 2.75) is 6.42 Å². The first-order valence-electron chi connectivity index (χ1n) is 6.92. The van der Waals surface area contributed by atoms with Crippen LogP contribution in [0.4, 0.5) is 4.79 Å². The number of carbonyl (C=O) groups excluding carboxylic acids is 1. The van der Waals surface area contributed by atoms with Crippen LogP contribution in [-0.4, -0.2) is 58.0 Å². The fraction of sp³-hybridized carbons (Fsp3) is 0.533. The lowest BCUT2D eigenvalue weighted by atomic mass is 10.1. The van der Waals surface area contributed by atoms with Crippen molar-refractivity contribution in [3.8, 4) is 0 Å². The standard InChI is InChI=1S/C15H23ClN2O3/c1-20-11-9-18(10-12-21-2)15(19)17-8-7-13-3-5-14(16)6-4-13/h3-6H,7-12H2,1-2H3,(H,17,19). The number of ether oxygens (including phenoxy) is 2. The number of rotatable bonds is 9. The normalized spacial score (nSPS) is 10.4. The average molecular weight is 315 g/mol. The Morgan fingerprint density at radius 1 is 1.14 bits per heavy atom. The molecule has 0 atom stereocenters. The molecule has 0 aliphatic heterocycles. The van der Waals surface area contributed by atoms with Crippen molar-refractivity contribution in [3.05, 3.63) is 34.9 Å². The van der Waals surface area contributed by atoms with Crippen LogP contribution >= 0.6 is 11.6 Å². The molecule has 6 heteroatoms. The number of halogens is 1. The Hall–Kier alpha value is -1.30. The molecular weight excluding hydrogens is 292 g/mol. The first kappa shape index (κ1) is 17.8. The molecule has 1 aromatic carbocycles. The largest absolute Gasteiger partial charge is 0.383 e. The third kappa shape index (κ3) is 7.32. The van der Waals surface area contributed by atoms with Crippen LogP contribution in [-0.2, 0) is 15.9 Å². The van der Waals surface area contributed by atoms with Gasteiger partial charge in [0, 0.05) is 38.9 Å². The molecule has 0 radical (unpaired) electrons. The maximum absolute atomic E-state index is 12.1. The van der Waals surface area contributed by atoms with E-state index in [9.17, 15) is 4.79 Å². The summed E-state index contributed by atoms with van der Waals surface area (Å²) in [6, 6.07) is 7.52. The van der Waals surface area contributed by atoms with Gasteiger partial charge in [-0.3, -0.25) is 0 Å². The minimum absolute atomic E-state index is 0.0990. The van der Waals surface area contributed by atoms with E-state index in [2.05, 4.69) is 5.32 Å². The fourth-order valence-corrected chi connectivity index (χ4v) is 1.92. The first-order valence-corrected chi connectivity index (χ1v) is 7.30. The molecule has 0 aliphatic carbocycles. The van der Waals surface area contributed by atoms with Crippen molar-refractivity contribution in [3.63, 3.8) is 0 Å². The second kappa shape index (κ2) is 10.4. The molecule has 0 fully saturated rings. The van der Waals surface area contributed by atoms with Gasteiger partial charge < -0.3 is 19.7 Å². The van der Waals surface area contributed by atoms with Crippen molar-refractivity contribution in [1.29, 1.82) is 0 Å². The quantitative estimate of drug-likeness (QED) is 0.760. The van der Waals surface area contributed by atoms with E-state index in [1.807, 2.05) is 24.3 Å². The van der Waals surface area contributed by atoms with Crippen LogP contribution in [0, 0.1) is 0 Å². The molecule has 1 aromatic rings.